The lowest BCUT2D eigenvalue weighted by Crippen LogP contribution is -2.35. The van der Waals surface area contributed by atoms with Gasteiger partial charge in [-0.3, -0.25) is 4.90 Å². The van der Waals surface area contributed by atoms with Crippen LogP contribution in [0.3, 0.4) is 0 Å². The van der Waals surface area contributed by atoms with Gasteiger partial charge in [-0.25, -0.2) is 4.98 Å². The van der Waals surface area contributed by atoms with Crippen molar-refractivity contribution in [3.05, 3.63) is 28.5 Å². The summed E-state index contributed by atoms with van der Waals surface area (Å²) in [5, 5.41) is 0. The van der Waals surface area contributed by atoms with E-state index in [0.29, 0.717) is 0 Å². The molecule has 1 saturated heterocycles. The maximum absolute atomic E-state index is 5.30. The van der Waals surface area contributed by atoms with Crippen LogP contribution in [-0.2, 0) is 11.3 Å². The van der Waals surface area contributed by atoms with Crippen LogP contribution in [0.5, 0.6) is 0 Å². The van der Waals surface area contributed by atoms with Crippen LogP contribution >= 0.6 is 15.9 Å². The predicted octanol–water partition coefficient (Wildman–Crippen LogP) is 1.68. The van der Waals surface area contributed by atoms with E-state index in [2.05, 4.69) is 31.9 Å². The summed E-state index contributed by atoms with van der Waals surface area (Å²) in [4.78, 5) is 6.58. The molecule has 0 spiro atoms. The zero-order valence-corrected chi connectivity index (χ0v) is 9.53. The van der Waals surface area contributed by atoms with Crippen LogP contribution < -0.4 is 0 Å². The normalized spacial score (nSPS) is 18.4. The van der Waals surface area contributed by atoms with E-state index >= 15 is 0 Å². The lowest BCUT2D eigenvalue weighted by molar-refractivity contribution is 0.0340. The molecule has 1 fully saturated rings. The molecule has 1 aliphatic heterocycles. The van der Waals surface area contributed by atoms with Crippen LogP contribution in [0.25, 0.3) is 0 Å². The Morgan fingerprint density at radius 3 is 2.93 bits per heavy atom. The quantitative estimate of drug-likeness (QED) is 0.754. The highest BCUT2D eigenvalue weighted by Gasteiger charge is 2.11. The SMILES string of the molecule is Brc1ncccc1CN1CCOCC1. The summed E-state index contributed by atoms with van der Waals surface area (Å²) >= 11 is 3.45. The van der Waals surface area contributed by atoms with Gasteiger partial charge in [-0.1, -0.05) is 6.07 Å². The molecule has 0 aliphatic carbocycles. The van der Waals surface area contributed by atoms with Crippen molar-refractivity contribution < 1.29 is 4.74 Å². The van der Waals surface area contributed by atoms with E-state index < -0.39 is 0 Å². The Morgan fingerprint density at radius 1 is 1.43 bits per heavy atom. The number of hydrogen-bond acceptors (Lipinski definition) is 3. The molecular weight excluding hydrogens is 244 g/mol. The van der Waals surface area contributed by atoms with Gasteiger partial charge in [-0.2, -0.15) is 0 Å². The first-order valence-corrected chi connectivity index (χ1v) is 5.55. The Balaban J connectivity index is 1.99. The molecule has 0 saturated carbocycles. The number of rotatable bonds is 2. The number of nitrogens with zero attached hydrogens (tertiary/aromatic N) is 2. The summed E-state index contributed by atoms with van der Waals surface area (Å²) in [6, 6.07) is 4.08. The Hall–Kier alpha value is -0.450. The summed E-state index contributed by atoms with van der Waals surface area (Å²) in [7, 11) is 0. The number of aromatic nitrogens is 1. The summed E-state index contributed by atoms with van der Waals surface area (Å²) < 4.78 is 6.25. The first kappa shape index (κ1) is 10.1. The number of pyridine rings is 1. The fourth-order valence-corrected chi connectivity index (χ4v) is 1.91. The van der Waals surface area contributed by atoms with Crippen LogP contribution in [0.1, 0.15) is 5.56 Å². The number of morpholine rings is 1. The summed E-state index contributed by atoms with van der Waals surface area (Å²) in [6.45, 7) is 4.68. The molecule has 0 radical (unpaired) electrons. The van der Waals surface area contributed by atoms with Crippen molar-refractivity contribution in [1.29, 1.82) is 0 Å². The van der Waals surface area contributed by atoms with E-state index in [1.165, 1.54) is 5.56 Å². The molecule has 1 aliphatic rings. The minimum absolute atomic E-state index is 0.845. The zero-order valence-electron chi connectivity index (χ0n) is 7.95. The molecule has 1 aromatic rings. The Kier molecular flexibility index (Phi) is 3.50. The second kappa shape index (κ2) is 4.87. The zero-order chi connectivity index (χ0) is 9.80. The Labute approximate surface area is 92.2 Å². The molecule has 4 heteroatoms. The van der Waals surface area contributed by atoms with Gasteiger partial charge in [0.15, 0.2) is 0 Å². The molecule has 2 heterocycles. The average molecular weight is 257 g/mol. The molecule has 2 rings (SSSR count). The third-order valence-electron chi connectivity index (χ3n) is 2.33. The van der Waals surface area contributed by atoms with Crippen molar-refractivity contribution in [3.63, 3.8) is 0 Å². The highest BCUT2D eigenvalue weighted by molar-refractivity contribution is 9.10. The van der Waals surface area contributed by atoms with E-state index in [0.717, 1.165) is 37.5 Å². The van der Waals surface area contributed by atoms with Crippen LogP contribution in [-0.4, -0.2) is 36.2 Å². The van der Waals surface area contributed by atoms with Crippen LogP contribution in [0, 0.1) is 0 Å². The molecule has 0 amide bonds. The van der Waals surface area contributed by atoms with Crippen molar-refractivity contribution in [1.82, 2.24) is 9.88 Å². The Bertz CT molecular complexity index is 300. The van der Waals surface area contributed by atoms with Gasteiger partial charge >= 0.3 is 0 Å². The molecule has 0 unspecified atom stereocenters. The number of ether oxygens (including phenoxy) is 1. The largest absolute Gasteiger partial charge is 0.379 e. The standard InChI is InChI=1S/C10H13BrN2O/c11-10-9(2-1-3-12-10)8-13-4-6-14-7-5-13/h1-3H,4-8H2. The maximum Gasteiger partial charge on any atom is 0.110 e. The Morgan fingerprint density at radius 2 is 2.21 bits per heavy atom. The molecule has 0 bridgehead atoms. The van der Waals surface area contributed by atoms with Gasteiger partial charge in [-0.15, -0.1) is 0 Å². The van der Waals surface area contributed by atoms with E-state index in [1.807, 2.05) is 6.07 Å². The van der Waals surface area contributed by atoms with Gasteiger partial charge in [0.1, 0.15) is 4.60 Å². The highest BCUT2D eigenvalue weighted by Crippen LogP contribution is 2.15. The topological polar surface area (TPSA) is 25.4 Å². The van der Waals surface area contributed by atoms with Crippen LogP contribution in [0.4, 0.5) is 0 Å². The first-order valence-electron chi connectivity index (χ1n) is 4.76. The van der Waals surface area contributed by atoms with Gasteiger partial charge < -0.3 is 4.74 Å². The average Bonchev–Trinajstić information content (AvgIpc) is 2.23. The van der Waals surface area contributed by atoms with Crippen molar-refractivity contribution in [2.75, 3.05) is 26.3 Å². The van der Waals surface area contributed by atoms with Gasteiger partial charge in [0.05, 0.1) is 13.2 Å². The van der Waals surface area contributed by atoms with Crippen molar-refractivity contribution in [2.24, 2.45) is 0 Å². The van der Waals surface area contributed by atoms with Gasteiger partial charge in [0, 0.05) is 25.8 Å². The third-order valence-corrected chi connectivity index (χ3v) is 3.05. The van der Waals surface area contributed by atoms with Gasteiger partial charge in [0.25, 0.3) is 0 Å². The molecule has 1 aromatic heterocycles. The number of hydrogen-bond donors (Lipinski definition) is 0. The minimum Gasteiger partial charge on any atom is -0.379 e. The van der Waals surface area contributed by atoms with Crippen LogP contribution in [0.15, 0.2) is 22.9 Å². The summed E-state index contributed by atoms with van der Waals surface area (Å²) in [6.07, 6.45) is 1.80. The number of halogens is 1. The van der Waals surface area contributed by atoms with Crippen molar-refractivity contribution >= 4 is 15.9 Å². The lowest BCUT2D eigenvalue weighted by Gasteiger charge is -2.26. The van der Waals surface area contributed by atoms with Gasteiger partial charge in [0.2, 0.25) is 0 Å². The monoisotopic (exact) mass is 256 g/mol. The lowest BCUT2D eigenvalue weighted by atomic mass is 10.2. The summed E-state index contributed by atoms with van der Waals surface area (Å²) in [5.74, 6) is 0. The minimum atomic E-state index is 0.845. The molecule has 76 valence electrons. The van der Waals surface area contributed by atoms with E-state index in [1.54, 1.807) is 6.20 Å². The predicted molar refractivity (Wildman–Crippen MR) is 58.0 cm³/mol. The second-order valence-corrected chi connectivity index (χ2v) is 4.09. The molecule has 0 aromatic carbocycles. The van der Waals surface area contributed by atoms with Crippen molar-refractivity contribution in [3.8, 4) is 0 Å². The maximum atomic E-state index is 5.30. The van der Waals surface area contributed by atoms with Crippen LogP contribution in [0.2, 0.25) is 0 Å². The smallest absolute Gasteiger partial charge is 0.110 e. The van der Waals surface area contributed by atoms with Crippen molar-refractivity contribution in [2.45, 2.75) is 6.54 Å². The molecule has 14 heavy (non-hydrogen) atoms. The molecule has 3 nitrogen and oxygen atoms in total. The van der Waals surface area contributed by atoms with E-state index in [4.69, 9.17) is 4.74 Å². The van der Waals surface area contributed by atoms with E-state index in [9.17, 15) is 0 Å². The van der Waals surface area contributed by atoms with E-state index in [-0.39, 0.29) is 0 Å². The summed E-state index contributed by atoms with van der Waals surface area (Å²) in [5.41, 5.74) is 1.24. The fraction of sp³-hybridized carbons (Fsp3) is 0.500. The highest BCUT2D eigenvalue weighted by atomic mass is 79.9. The van der Waals surface area contributed by atoms with Gasteiger partial charge in [-0.05, 0) is 27.6 Å². The molecular formula is C10H13BrN2O. The first-order chi connectivity index (χ1) is 6.86. The second-order valence-electron chi connectivity index (χ2n) is 3.34. The fourth-order valence-electron chi connectivity index (χ4n) is 1.54. The third kappa shape index (κ3) is 2.53. The molecule has 0 atom stereocenters. The molecule has 0 N–H and O–H groups in total.